The third-order valence-corrected chi connectivity index (χ3v) is 5.41. The molecule has 0 saturated carbocycles. The van der Waals surface area contributed by atoms with E-state index >= 15 is 0 Å². The number of anilines is 1. The molecule has 0 spiro atoms. The lowest BCUT2D eigenvalue weighted by Gasteiger charge is -2.11. The minimum atomic E-state index is 0.351. The van der Waals surface area contributed by atoms with Crippen LogP contribution in [0.3, 0.4) is 0 Å². The lowest BCUT2D eigenvalue weighted by Crippen LogP contribution is -2.04. The Balaban J connectivity index is 1.97. The number of hydrogen-bond acceptors (Lipinski definition) is 7. The van der Waals surface area contributed by atoms with Gasteiger partial charge >= 0.3 is 0 Å². The Bertz CT molecular complexity index is 1050. The average molecular weight is 467 g/mol. The number of pyridine rings is 1. The van der Waals surface area contributed by atoms with Gasteiger partial charge in [0.25, 0.3) is 0 Å². The summed E-state index contributed by atoms with van der Waals surface area (Å²) < 4.78 is 0.722. The summed E-state index contributed by atoms with van der Waals surface area (Å²) in [4.78, 5) is 13.5. The van der Waals surface area contributed by atoms with Crippen LogP contribution in [0.5, 0.6) is 0 Å². The number of nitrogens with zero attached hydrogens (tertiary/aromatic N) is 5. The molecule has 29 heavy (non-hydrogen) atoms. The molecule has 0 radical (unpaired) electrons. The van der Waals surface area contributed by atoms with Crippen molar-refractivity contribution >= 4 is 39.7 Å². The van der Waals surface area contributed by atoms with Crippen molar-refractivity contribution in [1.82, 2.24) is 15.0 Å². The van der Waals surface area contributed by atoms with Crippen LogP contribution in [0.2, 0.25) is 0 Å². The SMILES string of the molecule is CC(C)CSc1nc(N/N=C/c2cccc(Br)n2)c(C#N)c(-c2ccccc2)n1. The second kappa shape index (κ2) is 10.1. The summed E-state index contributed by atoms with van der Waals surface area (Å²) in [5.41, 5.74) is 5.38. The quantitative estimate of drug-likeness (QED) is 0.165. The van der Waals surface area contributed by atoms with Crippen molar-refractivity contribution in [3.63, 3.8) is 0 Å². The van der Waals surface area contributed by atoms with E-state index in [0.29, 0.717) is 33.8 Å². The Morgan fingerprint density at radius 1 is 1.14 bits per heavy atom. The molecule has 0 saturated heterocycles. The van der Waals surface area contributed by atoms with Crippen LogP contribution >= 0.6 is 27.7 Å². The normalized spacial score (nSPS) is 11.0. The molecule has 3 rings (SSSR count). The van der Waals surface area contributed by atoms with Gasteiger partial charge in [-0.1, -0.05) is 62.0 Å². The van der Waals surface area contributed by atoms with Gasteiger partial charge in [-0.3, -0.25) is 5.43 Å². The number of aromatic nitrogens is 3. The summed E-state index contributed by atoms with van der Waals surface area (Å²) in [5, 5.41) is 14.6. The van der Waals surface area contributed by atoms with Crippen molar-refractivity contribution < 1.29 is 0 Å². The van der Waals surface area contributed by atoms with Crippen molar-refractivity contribution in [3.8, 4) is 17.3 Å². The van der Waals surface area contributed by atoms with E-state index in [4.69, 9.17) is 0 Å². The van der Waals surface area contributed by atoms with Crippen molar-refractivity contribution in [2.75, 3.05) is 11.2 Å². The summed E-state index contributed by atoms with van der Waals surface area (Å²) in [6.07, 6.45) is 1.58. The fourth-order valence-electron chi connectivity index (χ4n) is 2.39. The average Bonchev–Trinajstić information content (AvgIpc) is 2.72. The molecule has 0 aliphatic carbocycles. The first kappa shape index (κ1) is 21.0. The Morgan fingerprint density at radius 2 is 1.93 bits per heavy atom. The van der Waals surface area contributed by atoms with Gasteiger partial charge in [0.15, 0.2) is 11.0 Å². The number of benzene rings is 1. The monoisotopic (exact) mass is 466 g/mol. The molecule has 0 aliphatic rings. The molecule has 0 unspecified atom stereocenters. The Hall–Kier alpha value is -2.76. The van der Waals surface area contributed by atoms with Crippen molar-refractivity contribution in [2.24, 2.45) is 11.0 Å². The molecule has 0 fully saturated rings. The predicted molar refractivity (Wildman–Crippen MR) is 121 cm³/mol. The largest absolute Gasteiger partial charge is 0.260 e. The van der Waals surface area contributed by atoms with Crippen LogP contribution in [0.15, 0.2) is 63.4 Å². The van der Waals surface area contributed by atoms with E-state index in [-0.39, 0.29) is 0 Å². The van der Waals surface area contributed by atoms with Crippen LogP contribution in [-0.4, -0.2) is 26.9 Å². The summed E-state index contributed by atoms with van der Waals surface area (Å²) in [6.45, 7) is 4.28. The van der Waals surface area contributed by atoms with Crippen LogP contribution in [0.25, 0.3) is 11.3 Å². The van der Waals surface area contributed by atoms with Crippen molar-refractivity contribution in [1.29, 1.82) is 5.26 Å². The van der Waals surface area contributed by atoms with Gasteiger partial charge in [0, 0.05) is 11.3 Å². The van der Waals surface area contributed by atoms with Crippen LogP contribution < -0.4 is 5.43 Å². The highest BCUT2D eigenvalue weighted by molar-refractivity contribution is 9.10. The minimum absolute atomic E-state index is 0.351. The molecule has 0 aliphatic heterocycles. The lowest BCUT2D eigenvalue weighted by molar-refractivity contribution is 0.748. The highest BCUT2D eigenvalue weighted by Gasteiger charge is 2.16. The Labute approximate surface area is 182 Å². The van der Waals surface area contributed by atoms with E-state index in [2.05, 4.69) is 61.3 Å². The van der Waals surface area contributed by atoms with E-state index in [9.17, 15) is 5.26 Å². The topological polar surface area (TPSA) is 86.9 Å². The minimum Gasteiger partial charge on any atom is -0.260 e. The number of hydrogen-bond donors (Lipinski definition) is 1. The van der Waals surface area contributed by atoms with Gasteiger partial charge in [-0.25, -0.2) is 15.0 Å². The molecular weight excluding hydrogens is 448 g/mol. The predicted octanol–water partition coefficient (Wildman–Crippen LogP) is 5.37. The fraction of sp³-hybridized carbons (Fsp3) is 0.190. The standard InChI is InChI=1S/C21H19BrN6S/c1-14(2)13-29-21-26-19(15-7-4-3-5-8-15)17(11-23)20(27-21)28-24-12-16-9-6-10-18(22)25-16/h3-10,12,14H,13H2,1-2H3,(H,26,27,28)/b24-12+. The third-order valence-electron chi connectivity index (χ3n) is 3.70. The smallest absolute Gasteiger partial charge is 0.190 e. The molecule has 8 heteroatoms. The molecule has 6 nitrogen and oxygen atoms in total. The first-order valence-corrected chi connectivity index (χ1v) is 10.8. The van der Waals surface area contributed by atoms with Crippen LogP contribution in [0, 0.1) is 17.2 Å². The molecule has 1 aromatic carbocycles. The fourth-order valence-corrected chi connectivity index (χ4v) is 3.54. The summed E-state index contributed by atoms with van der Waals surface area (Å²) in [7, 11) is 0. The van der Waals surface area contributed by atoms with E-state index in [1.807, 2.05) is 48.5 Å². The van der Waals surface area contributed by atoms with Crippen LogP contribution in [0.1, 0.15) is 25.1 Å². The highest BCUT2D eigenvalue weighted by Crippen LogP contribution is 2.29. The van der Waals surface area contributed by atoms with Crippen molar-refractivity contribution in [3.05, 3.63) is 64.4 Å². The summed E-state index contributed by atoms with van der Waals surface area (Å²) in [5.74, 6) is 1.75. The van der Waals surface area contributed by atoms with E-state index in [1.54, 1.807) is 18.0 Å². The molecule has 0 bridgehead atoms. The van der Waals surface area contributed by atoms with Crippen LogP contribution in [-0.2, 0) is 0 Å². The Morgan fingerprint density at radius 3 is 2.62 bits per heavy atom. The van der Waals surface area contributed by atoms with Crippen molar-refractivity contribution in [2.45, 2.75) is 19.0 Å². The number of hydrazone groups is 1. The third kappa shape index (κ3) is 5.86. The molecule has 1 N–H and O–H groups in total. The summed E-state index contributed by atoms with van der Waals surface area (Å²) in [6, 6.07) is 17.4. The second-order valence-corrected chi connectivity index (χ2v) is 8.32. The van der Waals surface area contributed by atoms with Gasteiger partial charge in [0.1, 0.15) is 16.2 Å². The number of nitriles is 1. The molecule has 3 aromatic rings. The first-order chi connectivity index (χ1) is 14.1. The van der Waals surface area contributed by atoms with Gasteiger partial charge in [0.2, 0.25) is 0 Å². The Kier molecular flexibility index (Phi) is 7.33. The maximum atomic E-state index is 9.78. The molecule has 0 amide bonds. The maximum Gasteiger partial charge on any atom is 0.190 e. The molecular formula is C21H19BrN6S. The van der Waals surface area contributed by atoms with Gasteiger partial charge in [0.05, 0.1) is 17.6 Å². The number of rotatable bonds is 7. The molecule has 146 valence electrons. The van der Waals surface area contributed by atoms with E-state index in [1.165, 1.54) is 0 Å². The number of nitrogens with one attached hydrogen (secondary N) is 1. The molecule has 2 heterocycles. The molecule has 0 atom stereocenters. The van der Waals surface area contributed by atoms with Gasteiger partial charge < -0.3 is 0 Å². The second-order valence-electron chi connectivity index (χ2n) is 6.52. The summed E-state index contributed by atoms with van der Waals surface area (Å²) >= 11 is 4.90. The highest BCUT2D eigenvalue weighted by atomic mass is 79.9. The number of thioether (sulfide) groups is 1. The van der Waals surface area contributed by atoms with E-state index < -0.39 is 0 Å². The first-order valence-electron chi connectivity index (χ1n) is 8.99. The zero-order valence-corrected chi connectivity index (χ0v) is 18.4. The maximum absolute atomic E-state index is 9.78. The van der Waals surface area contributed by atoms with Gasteiger partial charge in [-0.2, -0.15) is 10.4 Å². The van der Waals surface area contributed by atoms with Gasteiger partial charge in [-0.05, 0) is 34.0 Å². The zero-order valence-electron chi connectivity index (χ0n) is 16.0. The lowest BCUT2D eigenvalue weighted by atomic mass is 10.1. The number of halogens is 1. The van der Waals surface area contributed by atoms with Crippen LogP contribution in [0.4, 0.5) is 5.82 Å². The van der Waals surface area contributed by atoms with Gasteiger partial charge in [-0.15, -0.1) is 0 Å². The van der Waals surface area contributed by atoms with E-state index in [0.717, 1.165) is 15.9 Å². The zero-order chi connectivity index (χ0) is 20.6. The molecule has 2 aromatic heterocycles.